The zero-order valence-corrected chi connectivity index (χ0v) is 9.33. The number of halogens is 1. The number of fused-ring (bicyclic) bond motifs is 1. The highest BCUT2D eigenvalue weighted by Gasteiger charge is 2.36. The highest BCUT2D eigenvalue weighted by molar-refractivity contribution is 6.37. The molecule has 0 atom stereocenters. The van der Waals surface area contributed by atoms with Crippen molar-refractivity contribution >= 4 is 23.4 Å². The lowest BCUT2D eigenvalue weighted by molar-refractivity contribution is 0.0653. The fourth-order valence-electron chi connectivity index (χ4n) is 1.74. The summed E-state index contributed by atoms with van der Waals surface area (Å²) in [4.78, 5) is 25.0. The van der Waals surface area contributed by atoms with E-state index in [-0.39, 0.29) is 11.8 Å². The second kappa shape index (κ2) is 4.23. The Morgan fingerprint density at radius 3 is 2.62 bits per heavy atom. The largest absolute Gasteiger partial charge is 0.330 e. The summed E-state index contributed by atoms with van der Waals surface area (Å²) >= 11 is 5.90. The summed E-state index contributed by atoms with van der Waals surface area (Å²) in [5.74, 6) is -0.602. The Labute approximate surface area is 98.0 Å². The Balaban J connectivity index is 2.37. The lowest BCUT2D eigenvalue weighted by atomic mass is 10.1. The summed E-state index contributed by atoms with van der Waals surface area (Å²) in [7, 11) is 0. The molecule has 2 amide bonds. The van der Waals surface area contributed by atoms with Gasteiger partial charge in [-0.25, -0.2) is 0 Å². The summed E-state index contributed by atoms with van der Waals surface area (Å²) in [5.41, 5.74) is 6.05. The molecule has 16 heavy (non-hydrogen) atoms. The van der Waals surface area contributed by atoms with Crippen LogP contribution < -0.4 is 5.73 Å². The Morgan fingerprint density at radius 1 is 1.25 bits per heavy atom. The van der Waals surface area contributed by atoms with E-state index in [1.807, 2.05) is 0 Å². The monoisotopic (exact) mass is 238 g/mol. The number of amides is 2. The third kappa shape index (κ3) is 1.60. The van der Waals surface area contributed by atoms with Gasteiger partial charge >= 0.3 is 0 Å². The Hall–Kier alpha value is -1.39. The van der Waals surface area contributed by atoms with Crippen LogP contribution in [0.5, 0.6) is 0 Å². The molecule has 4 nitrogen and oxygen atoms in total. The van der Waals surface area contributed by atoms with Gasteiger partial charge in [0.15, 0.2) is 0 Å². The van der Waals surface area contributed by atoms with Crippen LogP contribution in [0.25, 0.3) is 0 Å². The number of benzene rings is 1. The van der Waals surface area contributed by atoms with E-state index in [1.54, 1.807) is 18.2 Å². The molecule has 0 unspecified atom stereocenters. The number of hydrogen-bond donors (Lipinski definition) is 1. The third-order valence-corrected chi connectivity index (χ3v) is 2.85. The maximum absolute atomic E-state index is 11.9. The molecular weight excluding hydrogens is 228 g/mol. The number of nitrogens with two attached hydrogens (primary N) is 1. The van der Waals surface area contributed by atoms with Crippen LogP contribution in [-0.4, -0.2) is 29.8 Å². The van der Waals surface area contributed by atoms with Crippen LogP contribution in [0.3, 0.4) is 0 Å². The molecule has 2 N–H and O–H groups in total. The van der Waals surface area contributed by atoms with Crippen molar-refractivity contribution in [3.05, 3.63) is 34.3 Å². The van der Waals surface area contributed by atoms with Crippen LogP contribution in [0.2, 0.25) is 5.02 Å². The van der Waals surface area contributed by atoms with Crippen LogP contribution in [0.15, 0.2) is 18.2 Å². The van der Waals surface area contributed by atoms with Gasteiger partial charge in [0, 0.05) is 6.54 Å². The van der Waals surface area contributed by atoms with Gasteiger partial charge in [-0.1, -0.05) is 17.7 Å². The predicted molar refractivity (Wildman–Crippen MR) is 60.5 cm³/mol. The molecule has 1 aliphatic heterocycles. The minimum atomic E-state index is -0.320. The first-order chi connectivity index (χ1) is 7.66. The van der Waals surface area contributed by atoms with E-state index in [0.717, 1.165) is 0 Å². The van der Waals surface area contributed by atoms with Crippen LogP contribution >= 0.6 is 11.6 Å². The molecule has 0 bridgehead atoms. The first-order valence-electron chi connectivity index (χ1n) is 5.01. The molecule has 1 aromatic rings. The van der Waals surface area contributed by atoms with Crippen LogP contribution in [0.1, 0.15) is 27.1 Å². The fourth-order valence-corrected chi connectivity index (χ4v) is 2.00. The first-order valence-corrected chi connectivity index (χ1v) is 5.39. The van der Waals surface area contributed by atoms with Gasteiger partial charge in [-0.05, 0) is 25.1 Å². The maximum Gasteiger partial charge on any atom is 0.263 e. The fraction of sp³-hybridized carbons (Fsp3) is 0.273. The Kier molecular flexibility index (Phi) is 2.94. The highest BCUT2D eigenvalue weighted by Crippen LogP contribution is 2.28. The molecule has 0 fully saturated rings. The topological polar surface area (TPSA) is 63.4 Å². The Bertz CT molecular complexity index is 459. The smallest absolute Gasteiger partial charge is 0.263 e. The zero-order chi connectivity index (χ0) is 11.7. The average molecular weight is 239 g/mol. The van der Waals surface area contributed by atoms with Crippen molar-refractivity contribution in [2.45, 2.75) is 6.42 Å². The van der Waals surface area contributed by atoms with Crippen LogP contribution in [0, 0.1) is 0 Å². The summed E-state index contributed by atoms with van der Waals surface area (Å²) < 4.78 is 0. The second-order valence-corrected chi connectivity index (χ2v) is 3.97. The quantitative estimate of drug-likeness (QED) is 0.807. The lowest BCUT2D eigenvalue weighted by Gasteiger charge is -2.12. The molecular formula is C11H11ClN2O2. The molecule has 0 radical (unpaired) electrons. The van der Waals surface area contributed by atoms with Crippen molar-refractivity contribution in [3.63, 3.8) is 0 Å². The lowest BCUT2D eigenvalue weighted by Crippen LogP contribution is -2.31. The number of nitrogens with zero attached hydrogens (tertiary/aromatic N) is 1. The van der Waals surface area contributed by atoms with Gasteiger partial charge < -0.3 is 5.73 Å². The molecule has 0 aromatic heterocycles. The number of hydrogen-bond acceptors (Lipinski definition) is 3. The molecule has 1 aliphatic rings. The number of imide groups is 1. The normalized spacial score (nSPS) is 14.5. The van der Waals surface area contributed by atoms with E-state index in [9.17, 15) is 9.59 Å². The maximum atomic E-state index is 11.9. The van der Waals surface area contributed by atoms with Crippen molar-refractivity contribution in [2.75, 3.05) is 13.1 Å². The minimum absolute atomic E-state index is 0.282. The van der Waals surface area contributed by atoms with Crippen molar-refractivity contribution in [1.82, 2.24) is 4.90 Å². The van der Waals surface area contributed by atoms with Crippen molar-refractivity contribution in [1.29, 1.82) is 0 Å². The van der Waals surface area contributed by atoms with Gasteiger partial charge in [-0.2, -0.15) is 0 Å². The molecule has 1 heterocycles. The summed E-state index contributed by atoms with van der Waals surface area (Å²) in [6.07, 6.45) is 0.600. The van der Waals surface area contributed by atoms with E-state index in [4.69, 9.17) is 17.3 Å². The molecule has 5 heteroatoms. The van der Waals surface area contributed by atoms with E-state index >= 15 is 0 Å². The van der Waals surface area contributed by atoms with Gasteiger partial charge in [0.2, 0.25) is 0 Å². The van der Waals surface area contributed by atoms with Gasteiger partial charge in [-0.15, -0.1) is 0 Å². The number of carbonyl (C=O) groups excluding carboxylic acids is 2. The van der Waals surface area contributed by atoms with Crippen molar-refractivity contribution < 1.29 is 9.59 Å². The Morgan fingerprint density at radius 2 is 2.00 bits per heavy atom. The van der Waals surface area contributed by atoms with Gasteiger partial charge in [0.1, 0.15) is 0 Å². The third-order valence-electron chi connectivity index (χ3n) is 2.53. The molecule has 1 aromatic carbocycles. The zero-order valence-electron chi connectivity index (χ0n) is 8.57. The van der Waals surface area contributed by atoms with Crippen LogP contribution in [0.4, 0.5) is 0 Å². The standard InChI is InChI=1S/C11H11ClN2O2/c12-8-4-1-3-7-9(8)11(16)14(10(7)15)6-2-5-13/h1,3-4H,2,5-6,13H2. The van der Waals surface area contributed by atoms with Gasteiger partial charge in [0.25, 0.3) is 11.8 Å². The van der Waals surface area contributed by atoms with Crippen molar-refractivity contribution in [2.24, 2.45) is 5.73 Å². The highest BCUT2D eigenvalue weighted by atomic mass is 35.5. The predicted octanol–water partition coefficient (Wildman–Crippen LogP) is 1.28. The molecule has 0 saturated heterocycles. The molecule has 84 valence electrons. The molecule has 2 rings (SSSR count). The average Bonchev–Trinajstić information content (AvgIpc) is 2.51. The van der Waals surface area contributed by atoms with E-state index < -0.39 is 0 Å². The van der Waals surface area contributed by atoms with Crippen molar-refractivity contribution in [3.8, 4) is 0 Å². The molecule has 0 saturated carbocycles. The van der Waals surface area contributed by atoms with Gasteiger partial charge in [0.05, 0.1) is 16.1 Å². The minimum Gasteiger partial charge on any atom is -0.330 e. The number of rotatable bonds is 3. The van der Waals surface area contributed by atoms with E-state index in [0.29, 0.717) is 35.7 Å². The number of carbonyl (C=O) groups is 2. The van der Waals surface area contributed by atoms with Gasteiger partial charge in [-0.3, -0.25) is 14.5 Å². The summed E-state index contributed by atoms with van der Waals surface area (Å²) in [6.45, 7) is 0.792. The second-order valence-electron chi connectivity index (χ2n) is 3.57. The summed E-state index contributed by atoms with van der Waals surface area (Å²) in [5, 5.41) is 0.325. The summed E-state index contributed by atoms with van der Waals surface area (Å²) in [6, 6.07) is 4.89. The van der Waals surface area contributed by atoms with E-state index in [1.165, 1.54) is 4.90 Å². The van der Waals surface area contributed by atoms with Crippen LogP contribution in [-0.2, 0) is 0 Å². The SMILES string of the molecule is NCCCN1C(=O)c2cccc(Cl)c2C1=O. The van der Waals surface area contributed by atoms with E-state index in [2.05, 4.69) is 0 Å². The molecule has 0 spiro atoms. The first kappa shape index (κ1) is 11.1. The molecule has 0 aliphatic carbocycles.